The Morgan fingerprint density at radius 2 is 1.81 bits per heavy atom. The number of ether oxygens (including phenoxy) is 4. The monoisotopic (exact) mass is 525 g/mol. The van der Waals surface area contributed by atoms with Gasteiger partial charge in [-0.1, -0.05) is 35.9 Å². The highest BCUT2D eigenvalue weighted by Crippen LogP contribution is 2.38. The first-order valence-corrected chi connectivity index (χ1v) is 10.6. The van der Waals surface area contributed by atoms with Gasteiger partial charge in [0.05, 0.1) is 11.6 Å². The summed E-state index contributed by atoms with van der Waals surface area (Å²) in [6.45, 7) is 1.99. The number of hydrogen-bond donors (Lipinski definition) is 1. The maximum Gasteiger partial charge on any atom is 0.231 e. The van der Waals surface area contributed by atoms with Crippen LogP contribution >= 0.6 is 39.9 Å². The van der Waals surface area contributed by atoms with E-state index in [0.29, 0.717) is 31.2 Å². The molecule has 8 heteroatoms. The normalized spacial score (nSPS) is 11.7. The second-order valence-electron chi connectivity index (χ2n) is 6.78. The summed E-state index contributed by atoms with van der Waals surface area (Å²) in [7, 11) is 1.64. The van der Waals surface area contributed by atoms with E-state index in [4.69, 9.17) is 30.5 Å². The molecule has 3 aromatic carbocycles. The first-order chi connectivity index (χ1) is 14.6. The molecule has 0 unspecified atom stereocenters. The lowest BCUT2D eigenvalue weighted by Crippen LogP contribution is -2.13. The second-order valence-corrected chi connectivity index (χ2v) is 8.04. The van der Waals surface area contributed by atoms with Crippen LogP contribution in [0.1, 0.15) is 16.7 Å². The maximum atomic E-state index is 6.22. The minimum absolute atomic E-state index is 0. The van der Waals surface area contributed by atoms with Gasteiger partial charge < -0.3 is 24.3 Å². The van der Waals surface area contributed by atoms with Gasteiger partial charge in [0.15, 0.2) is 23.0 Å². The molecule has 0 radical (unpaired) electrons. The molecule has 0 saturated carbocycles. The van der Waals surface area contributed by atoms with Gasteiger partial charge in [0.2, 0.25) is 6.79 Å². The maximum absolute atomic E-state index is 6.22. The molecule has 1 heterocycles. The zero-order valence-electron chi connectivity index (χ0n) is 16.8. The third-order valence-corrected chi connectivity index (χ3v) is 5.67. The SMILES string of the molecule is COc1cc(CNCc2ccccc2Cl)cc(Br)c1OCc1ccc2c(c1)OCO2.Cl. The third-order valence-electron chi connectivity index (χ3n) is 4.71. The molecule has 0 aromatic heterocycles. The molecule has 0 atom stereocenters. The molecule has 4 rings (SSSR count). The Labute approximate surface area is 201 Å². The van der Waals surface area contributed by atoms with Crippen LogP contribution in [0.5, 0.6) is 23.0 Å². The fourth-order valence-corrected chi connectivity index (χ4v) is 3.99. The van der Waals surface area contributed by atoms with Gasteiger partial charge >= 0.3 is 0 Å². The summed E-state index contributed by atoms with van der Waals surface area (Å²) >= 11 is 9.83. The highest BCUT2D eigenvalue weighted by Gasteiger charge is 2.15. The summed E-state index contributed by atoms with van der Waals surface area (Å²) in [4.78, 5) is 0. The molecule has 0 fully saturated rings. The van der Waals surface area contributed by atoms with E-state index in [1.54, 1.807) is 7.11 Å². The quantitative estimate of drug-likeness (QED) is 0.382. The van der Waals surface area contributed by atoms with E-state index in [0.717, 1.165) is 37.7 Å². The summed E-state index contributed by atoms with van der Waals surface area (Å²) in [5, 5.41) is 4.17. The van der Waals surface area contributed by atoms with Crippen molar-refractivity contribution in [2.24, 2.45) is 0 Å². The molecule has 0 amide bonds. The van der Waals surface area contributed by atoms with Crippen molar-refractivity contribution in [2.45, 2.75) is 19.7 Å². The van der Waals surface area contributed by atoms with Crippen molar-refractivity contribution in [3.05, 3.63) is 80.8 Å². The smallest absolute Gasteiger partial charge is 0.231 e. The molecule has 3 aromatic rings. The van der Waals surface area contributed by atoms with Gasteiger partial charge in [0.1, 0.15) is 6.61 Å². The Morgan fingerprint density at radius 1 is 1.00 bits per heavy atom. The van der Waals surface area contributed by atoms with Gasteiger partial charge in [-0.2, -0.15) is 0 Å². The van der Waals surface area contributed by atoms with Crippen LogP contribution in [0, 0.1) is 0 Å². The van der Waals surface area contributed by atoms with Crippen LogP contribution < -0.4 is 24.3 Å². The van der Waals surface area contributed by atoms with E-state index in [1.165, 1.54) is 0 Å². The number of halogens is 3. The van der Waals surface area contributed by atoms with Crippen LogP contribution in [0.15, 0.2) is 59.1 Å². The molecular weight excluding hydrogens is 505 g/mol. The van der Waals surface area contributed by atoms with Crippen molar-refractivity contribution in [3.63, 3.8) is 0 Å². The van der Waals surface area contributed by atoms with Crippen LogP contribution in [0.2, 0.25) is 5.02 Å². The van der Waals surface area contributed by atoms with Crippen molar-refractivity contribution in [2.75, 3.05) is 13.9 Å². The number of fused-ring (bicyclic) bond motifs is 1. The topological polar surface area (TPSA) is 49.0 Å². The summed E-state index contributed by atoms with van der Waals surface area (Å²) in [5.74, 6) is 2.82. The predicted molar refractivity (Wildman–Crippen MR) is 127 cm³/mol. The zero-order valence-corrected chi connectivity index (χ0v) is 20.0. The van der Waals surface area contributed by atoms with Crippen molar-refractivity contribution in [3.8, 4) is 23.0 Å². The van der Waals surface area contributed by atoms with E-state index in [2.05, 4.69) is 21.2 Å². The Kier molecular flexibility index (Phi) is 8.32. The Morgan fingerprint density at radius 3 is 2.61 bits per heavy atom. The molecule has 0 aliphatic carbocycles. The number of hydrogen-bond acceptors (Lipinski definition) is 5. The molecule has 5 nitrogen and oxygen atoms in total. The Hall–Kier alpha value is -2.12. The average Bonchev–Trinajstić information content (AvgIpc) is 3.22. The number of benzene rings is 3. The van der Waals surface area contributed by atoms with Crippen LogP contribution in [-0.2, 0) is 19.7 Å². The lowest BCUT2D eigenvalue weighted by atomic mass is 10.1. The minimum atomic E-state index is 0. The van der Waals surface area contributed by atoms with E-state index >= 15 is 0 Å². The fraction of sp³-hybridized carbons (Fsp3) is 0.217. The molecule has 1 N–H and O–H groups in total. The molecule has 164 valence electrons. The fourth-order valence-electron chi connectivity index (χ4n) is 3.18. The molecular formula is C23H22BrCl2NO4. The van der Waals surface area contributed by atoms with Crippen LogP contribution in [0.3, 0.4) is 0 Å². The first-order valence-electron chi connectivity index (χ1n) is 9.46. The molecule has 0 bridgehead atoms. The Bertz CT molecular complexity index is 1050. The lowest BCUT2D eigenvalue weighted by molar-refractivity contribution is 0.174. The van der Waals surface area contributed by atoms with Crippen LogP contribution in [-0.4, -0.2) is 13.9 Å². The Balaban J connectivity index is 0.00000272. The van der Waals surface area contributed by atoms with Gasteiger partial charge in [0, 0.05) is 18.1 Å². The van der Waals surface area contributed by atoms with E-state index in [9.17, 15) is 0 Å². The second kappa shape index (κ2) is 11.0. The van der Waals surface area contributed by atoms with Gasteiger partial charge in [-0.3, -0.25) is 0 Å². The molecule has 1 aliphatic heterocycles. The van der Waals surface area contributed by atoms with Gasteiger partial charge in [-0.25, -0.2) is 0 Å². The average molecular weight is 527 g/mol. The van der Waals surface area contributed by atoms with E-state index < -0.39 is 0 Å². The lowest BCUT2D eigenvalue weighted by Gasteiger charge is -2.15. The van der Waals surface area contributed by atoms with E-state index in [1.807, 2.05) is 54.6 Å². The van der Waals surface area contributed by atoms with Gasteiger partial charge in [-0.05, 0) is 63.0 Å². The number of rotatable bonds is 8. The van der Waals surface area contributed by atoms with Crippen LogP contribution in [0.4, 0.5) is 0 Å². The first kappa shape index (κ1) is 23.5. The minimum Gasteiger partial charge on any atom is -0.493 e. The van der Waals surface area contributed by atoms with Crippen molar-refractivity contribution < 1.29 is 18.9 Å². The van der Waals surface area contributed by atoms with E-state index in [-0.39, 0.29) is 19.2 Å². The largest absolute Gasteiger partial charge is 0.493 e. The van der Waals surface area contributed by atoms with Crippen LogP contribution in [0.25, 0.3) is 0 Å². The predicted octanol–water partition coefficient (Wildman–Crippen LogP) is 6.13. The van der Waals surface area contributed by atoms with Crippen molar-refractivity contribution in [1.29, 1.82) is 0 Å². The highest BCUT2D eigenvalue weighted by molar-refractivity contribution is 9.10. The molecule has 0 saturated heterocycles. The third kappa shape index (κ3) is 5.77. The summed E-state index contributed by atoms with van der Waals surface area (Å²) in [5.41, 5.74) is 3.12. The molecule has 31 heavy (non-hydrogen) atoms. The molecule has 1 aliphatic rings. The zero-order chi connectivity index (χ0) is 20.9. The summed E-state index contributed by atoms with van der Waals surface area (Å²) in [6.07, 6.45) is 0. The van der Waals surface area contributed by atoms with Gasteiger partial charge in [-0.15, -0.1) is 12.4 Å². The summed E-state index contributed by atoms with van der Waals surface area (Å²) in [6, 6.07) is 17.6. The highest BCUT2D eigenvalue weighted by atomic mass is 79.9. The number of methoxy groups -OCH3 is 1. The molecule has 0 spiro atoms. The number of nitrogens with one attached hydrogen (secondary N) is 1. The van der Waals surface area contributed by atoms with Crippen molar-refractivity contribution in [1.82, 2.24) is 5.32 Å². The standard InChI is InChI=1S/C23H21BrClNO4.ClH/c1-27-22-10-16(11-26-12-17-4-2-3-5-19(17)25)8-18(24)23(22)28-13-15-6-7-20-21(9-15)30-14-29-20;/h2-10,26H,11-14H2,1H3;1H. The van der Waals surface area contributed by atoms with Crippen molar-refractivity contribution >= 4 is 39.9 Å². The van der Waals surface area contributed by atoms with Gasteiger partial charge in [0.25, 0.3) is 0 Å². The summed E-state index contributed by atoms with van der Waals surface area (Å²) < 4.78 is 23.2.